The predicted molar refractivity (Wildman–Crippen MR) is 73.5 cm³/mol. The highest BCUT2D eigenvalue weighted by atomic mass is 32.2. The molecule has 0 saturated carbocycles. The fourth-order valence-electron chi connectivity index (χ4n) is 1.79. The second-order valence-corrected chi connectivity index (χ2v) is 6.55. The molecule has 0 amide bonds. The SMILES string of the molecule is CCS(=O)(=O)NCCCc1cnc2cc(C)nn2c1. The number of nitrogens with one attached hydrogen (secondary N) is 1. The Morgan fingerprint density at radius 1 is 1.42 bits per heavy atom. The van der Waals surface area contributed by atoms with Crippen molar-refractivity contribution in [1.29, 1.82) is 0 Å². The number of nitrogens with zero attached hydrogens (tertiary/aromatic N) is 3. The smallest absolute Gasteiger partial charge is 0.211 e. The van der Waals surface area contributed by atoms with Crippen LogP contribution in [0.15, 0.2) is 18.5 Å². The van der Waals surface area contributed by atoms with Crippen molar-refractivity contribution in [1.82, 2.24) is 19.3 Å². The fourth-order valence-corrected chi connectivity index (χ4v) is 2.44. The average Bonchev–Trinajstić information content (AvgIpc) is 2.74. The number of rotatable bonds is 6. The van der Waals surface area contributed by atoms with Crippen LogP contribution in [-0.2, 0) is 16.4 Å². The summed E-state index contributed by atoms with van der Waals surface area (Å²) in [7, 11) is -3.09. The Hall–Kier alpha value is -1.47. The first-order chi connectivity index (χ1) is 9.00. The third kappa shape index (κ3) is 3.74. The molecule has 0 aliphatic carbocycles. The van der Waals surface area contributed by atoms with Crippen molar-refractivity contribution in [3.05, 3.63) is 29.7 Å². The van der Waals surface area contributed by atoms with Crippen LogP contribution in [0.5, 0.6) is 0 Å². The topological polar surface area (TPSA) is 76.4 Å². The molecule has 0 spiro atoms. The van der Waals surface area contributed by atoms with Gasteiger partial charge in [0.2, 0.25) is 10.0 Å². The highest BCUT2D eigenvalue weighted by molar-refractivity contribution is 7.89. The van der Waals surface area contributed by atoms with Gasteiger partial charge >= 0.3 is 0 Å². The van der Waals surface area contributed by atoms with Crippen molar-refractivity contribution in [2.75, 3.05) is 12.3 Å². The molecule has 6 nitrogen and oxygen atoms in total. The Bertz CT molecular complexity index is 663. The molecule has 0 saturated heterocycles. The second-order valence-electron chi connectivity index (χ2n) is 4.45. The molecule has 0 aromatic carbocycles. The lowest BCUT2D eigenvalue weighted by atomic mass is 10.2. The number of fused-ring (bicyclic) bond motifs is 1. The van der Waals surface area contributed by atoms with Gasteiger partial charge in [0.25, 0.3) is 0 Å². The van der Waals surface area contributed by atoms with Crippen molar-refractivity contribution in [3.8, 4) is 0 Å². The van der Waals surface area contributed by atoms with Crippen LogP contribution in [0.4, 0.5) is 0 Å². The molecule has 0 atom stereocenters. The number of aromatic nitrogens is 3. The summed E-state index contributed by atoms with van der Waals surface area (Å²) < 4.78 is 26.8. The first-order valence-corrected chi connectivity index (χ1v) is 7.93. The van der Waals surface area contributed by atoms with Gasteiger partial charge in [-0.05, 0) is 32.3 Å². The Kier molecular flexibility index (Phi) is 4.16. The van der Waals surface area contributed by atoms with Gasteiger partial charge in [-0.1, -0.05) is 0 Å². The van der Waals surface area contributed by atoms with Gasteiger partial charge in [0, 0.05) is 25.0 Å². The number of hydrogen-bond acceptors (Lipinski definition) is 4. The highest BCUT2D eigenvalue weighted by Crippen LogP contribution is 2.06. The molecule has 0 unspecified atom stereocenters. The zero-order chi connectivity index (χ0) is 13.9. The molecule has 0 bridgehead atoms. The molecule has 0 aliphatic heterocycles. The van der Waals surface area contributed by atoms with Crippen LogP contribution < -0.4 is 4.72 Å². The molecule has 2 heterocycles. The minimum atomic E-state index is -3.09. The zero-order valence-electron chi connectivity index (χ0n) is 11.1. The zero-order valence-corrected chi connectivity index (χ0v) is 11.9. The van der Waals surface area contributed by atoms with Crippen molar-refractivity contribution in [2.24, 2.45) is 0 Å². The monoisotopic (exact) mass is 282 g/mol. The molecule has 7 heteroatoms. The molecular weight excluding hydrogens is 264 g/mol. The summed E-state index contributed by atoms with van der Waals surface area (Å²) in [6.45, 7) is 4.00. The van der Waals surface area contributed by atoms with E-state index in [4.69, 9.17) is 0 Å². The Labute approximate surface area is 112 Å². The molecule has 0 fully saturated rings. The van der Waals surface area contributed by atoms with Crippen LogP contribution in [0.1, 0.15) is 24.6 Å². The van der Waals surface area contributed by atoms with E-state index < -0.39 is 10.0 Å². The largest absolute Gasteiger partial charge is 0.237 e. The number of sulfonamides is 1. The summed E-state index contributed by atoms with van der Waals surface area (Å²) >= 11 is 0. The Morgan fingerprint density at radius 3 is 2.95 bits per heavy atom. The van der Waals surface area contributed by atoms with E-state index in [0.29, 0.717) is 6.54 Å². The fraction of sp³-hybridized carbons (Fsp3) is 0.500. The molecule has 2 aromatic heterocycles. The molecule has 1 N–H and O–H groups in total. The lowest BCUT2D eigenvalue weighted by Gasteiger charge is -2.04. The minimum Gasteiger partial charge on any atom is -0.237 e. The van der Waals surface area contributed by atoms with E-state index >= 15 is 0 Å². The van der Waals surface area contributed by atoms with E-state index in [9.17, 15) is 8.42 Å². The van der Waals surface area contributed by atoms with Crippen molar-refractivity contribution in [3.63, 3.8) is 0 Å². The van der Waals surface area contributed by atoms with Crippen molar-refractivity contribution >= 4 is 15.7 Å². The summed E-state index contributed by atoms with van der Waals surface area (Å²) in [5.41, 5.74) is 2.81. The third-order valence-corrected chi connectivity index (χ3v) is 4.24. The van der Waals surface area contributed by atoms with Gasteiger partial charge in [-0.15, -0.1) is 0 Å². The van der Waals surface area contributed by atoms with Gasteiger partial charge in [0.15, 0.2) is 5.65 Å². The standard InChI is InChI=1S/C12H18N4O2S/c1-3-19(17,18)14-6-4-5-11-8-13-12-7-10(2)15-16(12)9-11/h7-9,14H,3-6H2,1-2H3. The minimum absolute atomic E-state index is 0.118. The normalized spacial score (nSPS) is 12.1. The number of hydrogen-bond donors (Lipinski definition) is 1. The van der Waals surface area contributed by atoms with E-state index in [0.717, 1.165) is 29.7 Å². The Morgan fingerprint density at radius 2 is 2.21 bits per heavy atom. The van der Waals surface area contributed by atoms with Crippen LogP contribution in [-0.4, -0.2) is 35.3 Å². The lowest BCUT2D eigenvalue weighted by molar-refractivity contribution is 0.580. The predicted octanol–water partition coefficient (Wildman–Crippen LogP) is 0.910. The number of aryl methyl sites for hydroxylation is 2. The maximum atomic E-state index is 11.3. The summed E-state index contributed by atoms with van der Waals surface area (Å²) in [6, 6.07) is 1.92. The molecule has 2 rings (SSSR count). The summed E-state index contributed by atoms with van der Waals surface area (Å²) in [6.07, 6.45) is 5.26. The maximum Gasteiger partial charge on any atom is 0.211 e. The average molecular weight is 282 g/mol. The van der Waals surface area contributed by atoms with Gasteiger partial charge in [0.1, 0.15) is 0 Å². The third-order valence-electron chi connectivity index (χ3n) is 2.83. The van der Waals surface area contributed by atoms with Gasteiger partial charge in [0.05, 0.1) is 11.4 Å². The van der Waals surface area contributed by atoms with Gasteiger partial charge in [-0.25, -0.2) is 22.6 Å². The van der Waals surface area contributed by atoms with Crippen LogP contribution in [0.3, 0.4) is 0 Å². The summed E-state index contributed by atoms with van der Waals surface area (Å²) in [4.78, 5) is 4.31. The lowest BCUT2D eigenvalue weighted by Crippen LogP contribution is -2.26. The quantitative estimate of drug-likeness (QED) is 0.799. The molecule has 19 heavy (non-hydrogen) atoms. The van der Waals surface area contributed by atoms with E-state index in [2.05, 4.69) is 14.8 Å². The Balaban J connectivity index is 1.91. The van der Waals surface area contributed by atoms with E-state index in [1.54, 1.807) is 11.4 Å². The molecule has 0 aliphatic rings. The highest BCUT2D eigenvalue weighted by Gasteiger charge is 2.05. The van der Waals surface area contributed by atoms with Crippen LogP contribution >= 0.6 is 0 Å². The van der Waals surface area contributed by atoms with Gasteiger partial charge < -0.3 is 0 Å². The molecular formula is C12H18N4O2S. The molecule has 104 valence electrons. The van der Waals surface area contributed by atoms with Gasteiger partial charge in [-0.2, -0.15) is 5.10 Å². The molecule has 2 aromatic rings. The van der Waals surface area contributed by atoms with Crippen molar-refractivity contribution in [2.45, 2.75) is 26.7 Å². The summed E-state index contributed by atoms with van der Waals surface area (Å²) in [5.74, 6) is 0.118. The second kappa shape index (κ2) is 5.66. The van der Waals surface area contributed by atoms with Gasteiger partial charge in [-0.3, -0.25) is 0 Å². The van der Waals surface area contributed by atoms with Crippen molar-refractivity contribution < 1.29 is 8.42 Å². The van der Waals surface area contributed by atoms with E-state index in [-0.39, 0.29) is 5.75 Å². The first-order valence-electron chi connectivity index (χ1n) is 6.28. The van der Waals surface area contributed by atoms with E-state index in [1.165, 1.54) is 0 Å². The summed E-state index contributed by atoms with van der Waals surface area (Å²) in [5, 5.41) is 4.30. The van der Waals surface area contributed by atoms with E-state index in [1.807, 2.05) is 25.4 Å². The van der Waals surface area contributed by atoms with Crippen LogP contribution in [0, 0.1) is 6.92 Å². The van der Waals surface area contributed by atoms with Crippen LogP contribution in [0.25, 0.3) is 5.65 Å². The molecule has 0 radical (unpaired) electrons. The first kappa shape index (κ1) is 14.0. The maximum absolute atomic E-state index is 11.3. The van der Waals surface area contributed by atoms with Crippen LogP contribution in [0.2, 0.25) is 0 Å².